The van der Waals surface area contributed by atoms with Crippen LogP contribution in [0.1, 0.15) is 5.56 Å². The zero-order valence-electron chi connectivity index (χ0n) is 11.1. The van der Waals surface area contributed by atoms with Crippen LogP contribution in [0.5, 0.6) is 5.75 Å². The molecule has 0 bridgehead atoms. The molecule has 0 unspecified atom stereocenters. The number of anilines is 1. The van der Waals surface area contributed by atoms with E-state index in [9.17, 15) is 14.5 Å². The highest BCUT2D eigenvalue weighted by molar-refractivity contribution is 6.32. The van der Waals surface area contributed by atoms with Crippen LogP contribution in [0.15, 0.2) is 36.4 Å². The van der Waals surface area contributed by atoms with Gasteiger partial charge < -0.3 is 10.1 Å². The molecule has 0 aliphatic carbocycles. The van der Waals surface area contributed by atoms with Crippen molar-refractivity contribution in [2.24, 2.45) is 0 Å². The minimum absolute atomic E-state index is 0.237. The molecule has 0 amide bonds. The summed E-state index contributed by atoms with van der Waals surface area (Å²) in [6.45, 7) is 0.237. The van der Waals surface area contributed by atoms with Gasteiger partial charge in [0.15, 0.2) is 0 Å². The summed E-state index contributed by atoms with van der Waals surface area (Å²) in [6, 6.07) is 8.55. The molecule has 0 radical (unpaired) electrons. The number of nitrogens with one attached hydrogen (secondary N) is 1. The minimum Gasteiger partial charge on any atom is -0.495 e. The van der Waals surface area contributed by atoms with Crippen LogP contribution in [0.2, 0.25) is 5.02 Å². The van der Waals surface area contributed by atoms with E-state index in [1.807, 2.05) is 0 Å². The highest BCUT2D eigenvalue weighted by Gasteiger charge is 2.10. The first-order chi connectivity index (χ1) is 9.99. The fraction of sp³-hybridized carbons (Fsp3) is 0.143. The molecule has 0 aromatic heterocycles. The van der Waals surface area contributed by atoms with E-state index in [-0.39, 0.29) is 12.2 Å². The molecule has 2 rings (SSSR count). The number of hydrogen-bond donors (Lipinski definition) is 1. The monoisotopic (exact) mass is 310 g/mol. The third-order valence-electron chi connectivity index (χ3n) is 2.80. The Kier molecular flexibility index (Phi) is 4.59. The van der Waals surface area contributed by atoms with E-state index in [0.717, 1.165) is 6.07 Å². The van der Waals surface area contributed by atoms with Crippen LogP contribution in [0.25, 0.3) is 0 Å². The number of non-ortho nitro benzene ring substituents is 1. The van der Waals surface area contributed by atoms with E-state index >= 15 is 0 Å². The summed E-state index contributed by atoms with van der Waals surface area (Å²) >= 11 is 5.99. The summed E-state index contributed by atoms with van der Waals surface area (Å²) in [6.07, 6.45) is 0. The third kappa shape index (κ3) is 3.82. The molecule has 1 N–H and O–H groups in total. The van der Waals surface area contributed by atoms with Gasteiger partial charge in [-0.1, -0.05) is 11.6 Å². The lowest BCUT2D eigenvalue weighted by Gasteiger charge is -2.09. The van der Waals surface area contributed by atoms with E-state index in [1.54, 1.807) is 18.2 Å². The van der Waals surface area contributed by atoms with E-state index in [2.05, 4.69) is 5.32 Å². The van der Waals surface area contributed by atoms with Crippen LogP contribution < -0.4 is 10.1 Å². The molecule has 0 fully saturated rings. The smallest absolute Gasteiger partial charge is 0.272 e. The first-order valence-electron chi connectivity index (χ1n) is 6.01. The maximum atomic E-state index is 13.3. The summed E-state index contributed by atoms with van der Waals surface area (Å²) < 4.78 is 18.3. The lowest BCUT2D eigenvalue weighted by Crippen LogP contribution is -2.01. The second-order valence-electron chi connectivity index (χ2n) is 4.28. The topological polar surface area (TPSA) is 64.4 Å². The Labute approximate surface area is 125 Å². The Morgan fingerprint density at radius 3 is 2.71 bits per heavy atom. The predicted octanol–water partition coefficient (Wildman–Crippen LogP) is 4.01. The lowest BCUT2D eigenvalue weighted by molar-refractivity contribution is -0.385. The second-order valence-corrected chi connectivity index (χ2v) is 4.68. The fourth-order valence-corrected chi connectivity index (χ4v) is 2.08. The van der Waals surface area contributed by atoms with Crippen molar-refractivity contribution in [3.05, 3.63) is 62.9 Å². The fourth-order valence-electron chi connectivity index (χ4n) is 1.82. The van der Waals surface area contributed by atoms with Gasteiger partial charge in [-0.3, -0.25) is 10.1 Å². The number of methoxy groups -OCH3 is 1. The number of rotatable bonds is 5. The van der Waals surface area contributed by atoms with Crippen molar-refractivity contribution in [3.63, 3.8) is 0 Å². The molecule has 110 valence electrons. The van der Waals surface area contributed by atoms with Crippen LogP contribution in [-0.2, 0) is 6.54 Å². The van der Waals surface area contributed by atoms with Crippen LogP contribution >= 0.6 is 11.6 Å². The molecule has 0 saturated carbocycles. The Balaban J connectivity index is 2.12. The number of nitrogens with zero attached hydrogens (tertiary/aromatic N) is 1. The van der Waals surface area contributed by atoms with E-state index in [1.165, 1.54) is 19.2 Å². The Morgan fingerprint density at radius 1 is 1.33 bits per heavy atom. The zero-order valence-corrected chi connectivity index (χ0v) is 11.9. The molecule has 7 heteroatoms. The van der Waals surface area contributed by atoms with Gasteiger partial charge in [-0.15, -0.1) is 0 Å². The van der Waals surface area contributed by atoms with Crippen molar-refractivity contribution in [2.75, 3.05) is 12.4 Å². The van der Waals surface area contributed by atoms with Crippen molar-refractivity contribution >= 4 is 23.0 Å². The van der Waals surface area contributed by atoms with E-state index < -0.39 is 10.7 Å². The number of halogens is 2. The maximum absolute atomic E-state index is 13.3. The maximum Gasteiger partial charge on any atom is 0.272 e. The third-order valence-corrected chi connectivity index (χ3v) is 3.10. The van der Waals surface area contributed by atoms with Crippen molar-refractivity contribution < 1.29 is 14.1 Å². The number of nitro groups is 1. The van der Waals surface area contributed by atoms with Crippen LogP contribution in [0, 0.1) is 15.9 Å². The molecular weight excluding hydrogens is 299 g/mol. The lowest BCUT2D eigenvalue weighted by atomic mass is 10.2. The molecule has 5 nitrogen and oxygen atoms in total. The predicted molar refractivity (Wildman–Crippen MR) is 78.4 cm³/mol. The Bertz CT molecular complexity index is 679. The average Bonchev–Trinajstić information content (AvgIpc) is 2.44. The van der Waals surface area contributed by atoms with Gasteiger partial charge in [0.2, 0.25) is 0 Å². The number of nitro benzene ring substituents is 1. The molecule has 0 aliphatic heterocycles. The van der Waals surface area contributed by atoms with Crippen molar-refractivity contribution in [1.29, 1.82) is 0 Å². The molecule has 0 heterocycles. The van der Waals surface area contributed by atoms with Gasteiger partial charge in [0.1, 0.15) is 11.6 Å². The van der Waals surface area contributed by atoms with Crippen LogP contribution in [0.4, 0.5) is 15.8 Å². The minimum atomic E-state index is -0.645. The summed E-state index contributed by atoms with van der Waals surface area (Å²) in [5.41, 5.74) is 0.890. The van der Waals surface area contributed by atoms with Gasteiger partial charge in [-0.2, -0.15) is 0 Å². The number of benzene rings is 2. The van der Waals surface area contributed by atoms with Gasteiger partial charge in [-0.05, 0) is 29.8 Å². The summed E-state index contributed by atoms with van der Waals surface area (Å²) in [7, 11) is 1.51. The molecule has 21 heavy (non-hydrogen) atoms. The van der Waals surface area contributed by atoms with Crippen molar-refractivity contribution in [1.82, 2.24) is 0 Å². The number of ether oxygens (including phenoxy) is 1. The highest BCUT2D eigenvalue weighted by Crippen LogP contribution is 2.27. The molecule has 0 atom stereocenters. The molecule has 0 saturated heterocycles. The molecular formula is C14H12ClFN2O3. The van der Waals surface area contributed by atoms with Gasteiger partial charge >= 0.3 is 0 Å². The van der Waals surface area contributed by atoms with Crippen molar-refractivity contribution in [3.8, 4) is 5.75 Å². The largest absolute Gasteiger partial charge is 0.495 e. The second kappa shape index (κ2) is 6.41. The molecule has 2 aromatic rings. The average molecular weight is 311 g/mol. The van der Waals surface area contributed by atoms with Crippen molar-refractivity contribution in [2.45, 2.75) is 6.54 Å². The van der Waals surface area contributed by atoms with Crippen LogP contribution in [0.3, 0.4) is 0 Å². The van der Waals surface area contributed by atoms with E-state index in [0.29, 0.717) is 22.0 Å². The Hall–Kier alpha value is -2.34. The summed E-state index contributed by atoms with van der Waals surface area (Å²) in [4.78, 5) is 10.1. The molecule has 2 aromatic carbocycles. The molecule has 0 spiro atoms. The standard InChI is InChI=1S/C14H12ClFN2O3/c1-21-14-3-2-11(7-13(14)15)17-8-9-4-10(16)6-12(5-9)18(19)20/h2-7,17H,8H2,1H3. The number of hydrogen-bond acceptors (Lipinski definition) is 4. The zero-order chi connectivity index (χ0) is 15.4. The summed E-state index contributed by atoms with van der Waals surface area (Å²) in [5, 5.41) is 14.1. The quantitative estimate of drug-likeness (QED) is 0.669. The Morgan fingerprint density at radius 2 is 2.10 bits per heavy atom. The van der Waals surface area contributed by atoms with Gasteiger partial charge in [0.05, 0.1) is 23.1 Å². The SMILES string of the molecule is COc1ccc(NCc2cc(F)cc([N+](=O)[O-])c2)cc1Cl. The first kappa shape index (κ1) is 15.1. The van der Waals surface area contributed by atoms with Gasteiger partial charge in [-0.25, -0.2) is 4.39 Å². The van der Waals surface area contributed by atoms with Gasteiger partial charge in [0, 0.05) is 18.3 Å². The first-order valence-corrected chi connectivity index (χ1v) is 6.38. The van der Waals surface area contributed by atoms with Gasteiger partial charge in [0.25, 0.3) is 5.69 Å². The van der Waals surface area contributed by atoms with Crippen LogP contribution in [-0.4, -0.2) is 12.0 Å². The normalized spacial score (nSPS) is 10.2. The summed E-state index contributed by atoms with van der Waals surface area (Å²) in [5.74, 6) is -0.0997. The van der Waals surface area contributed by atoms with E-state index in [4.69, 9.17) is 16.3 Å². The highest BCUT2D eigenvalue weighted by atomic mass is 35.5. The molecule has 0 aliphatic rings.